The quantitative estimate of drug-likeness (QED) is 0.619. The number of nitrogens with one attached hydrogen (secondary N) is 1. The first-order valence-corrected chi connectivity index (χ1v) is 6.09. The van der Waals surface area contributed by atoms with Crippen molar-refractivity contribution in [1.82, 2.24) is 5.32 Å². The van der Waals surface area contributed by atoms with Crippen LogP contribution in [-0.4, -0.2) is 25.3 Å². The molecule has 0 spiro atoms. The van der Waals surface area contributed by atoms with Crippen LogP contribution in [0.5, 0.6) is 0 Å². The highest BCUT2D eigenvalue weighted by Gasteiger charge is 2.08. The fourth-order valence-electron chi connectivity index (χ4n) is 1.34. The Morgan fingerprint density at radius 3 is 2.36 bits per heavy atom. The van der Waals surface area contributed by atoms with Gasteiger partial charge in [0.05, 0.1) is 12.7 Å². The molecule has 0 aromatic carbocycles. The molecule has 0 saturated carbocycles. The molecule has 0 aromatic heterocycles. The standard InChI is InChI=1S/C12H27NO/c1-5-8-12(13-9-6-2)10-14-11(4)7-3/h11-13H,5-10H2,1-4H3. The third-order valence-corrected chi connectivity index (χ3v) is 2.48. The van der Waals surface area contributed by atoms with Crippen LogP contribution in [-0.2, 0) is 4.74 Å². The summed E-state index contributed by atoms with van der Waals surface area (Å²) in [5, 5.41) is 3.52. The van der Waals surface area contributed by atoms with E-state index >= 15 is 0 Å². The maximum absolute atomic E-state index is 5.74. The molecular formula is C12H27NO. The summed E-state index contributed by atoms with van der Waals surface area (Å²) >= 11 is 0. The highest BCUT2D eigenvalue weighted by atomic mass is 16.5. The van der Waals surface area contributed by atoms with Crippen LogP contribution in [0.15, 0.2) is 0 Å². The fraction of sp³-hybridized carbons (Fsp3) is 1.00. The molecule has 0 saturated heterocycles. The number of hydrogen-bond acceptors (Lipinski definition) is 2. The molecule has 2 heteroatoms. The molecule has 2 unspecified atom stereocenters. The zero-order valence-corrected chi connectivity index (χ0v) is 10.3. The lowest BCUT2D eigenvalue weighted by Crippen LogP contribution is -2.35. The summed E-state index contributed by atoms with van der Waals surface area (Å²) in [5.41, 5.74) is 0. The highest BCUT2D eigenvalue weighted by molar-refractivity contribution is 4.65. The van der Waals surface area contributed by atoms with Gasteiger partial charge in [-0.15, -0.1) is 0 Å². The SMILES string of the molecule is CCCNC(CCC)COC(C)CC. The lowest BCUT2D eigenvalue weighted by atomic mass is 10.2. The van der Waals surface area contributed by atoms with E-state index in [0.29, 0.717) is 12.1 Å². The van der Waals surface area contributed by atoms with Gasteiger partial charge in [-0.3, -0.25) is 0 Å². The summed E-state index contributed by atoms with van der Waals surface area (Å²) < 4.78 is 5.74. The Balaban J connectivity index is 3.60. The van der Waals surface area contributed by atoms with Gasteiger partial charge in [0.2, 0.25) is 0 Å². The van der Waals surface area contributed by atoms with Crippen LogP contribution >= 0.6 is 0 Å². The van der Waals surface area contributed by atoms with Gasteiger partial charge < -0.3 is 10.1 Å². The van der Waals surface area contributed by atoms with Crippen molar-refractivity contribution in [2.45, 2.75) is 65.5 Å². The maximum Gasteiger partial charge on any atom is 0.0623 e. The van der Waals surface area contributed by atoms with Gasteiger partial charge in [0.1, 0.15) is 0 Å². The van der Waals surface area contributed by atoms with Crippen molar-refractivity contribution < 1.29 is 4.74 Å². The van der Waals surface area contributed by atoms with E-state index in [1.165, 1.54) is 19.3 Å². The summed E-state index contributed by atoms with van der Waals surface area (Å²) in [5.74, 6) is 0. The minimum Gasteiger partial charge on any atom is -0.377 e. The molecule has 0 aliphatic carbocycles. The topological polar surface area (TPSA) is 21.3 Å². The third-order valence-electron chi connectivity index (χ3n) is 2.48. The van der Waals surface area contributed by atoms with E-state index in [0.717, 1.165) is 19.6 Å². The Kier molecular flexibility index (Phi) is 9.42. The minimum atomic E-state index is 0.401. The first-order chi connectivity index (χ1) is 6.74. The van der Waals surface area contributed by atoms with Crippen LogP contribution in [0, 0.1) is 0 Å². The van der Waals surface area contributed by atoms with Gasteiger partial charge >= 0.3 is 0 Å². The molecule has 0 aromatic rings. The Morgan fingerprint density at radius 2 is 1.86 bits per heavy atom. The maximum atomic E-state index is 5.74. The zero-order valence-electron chi connectivity index (χ0n) is 10.3. The van der Waals surface area contributed by atoms with Gasteiger partial charge in [-0.2, -0.15) is 0 Å². The second kappa shape index (κ2) is 9.47. The summed E-state index contributed by atoms with van der Waals surface area (Å²) in [6.45, 7) is 10.7. The Labute approximate surface area is 89.4 Å². The van der Waals surface area contributed by atoms with Crippen molar-refractivity contribution in [3.63, 3.8) is 0 Å². The average Bonchev–Trinajstić information content (AvgIpc) is 2.21. The molecule has 0 radical (unpaired) electrons. The number of hydrogen-bond donors (Lipinski definition) is 1. The molecule has 2 atom stereocenters. The molecule has 0 aliphatic rings. The average molecular weight is 201 g/mol. The van der Waals surface area contributed by atoms with Crippen LogP contribution in [0.25, 0.3) is 0 Å². The zero-order chi connectivity index (χ0) is 10.8. The fourth-order valence-corrected chi connectivity index (χ4v) is 1.34. The van der Waals surface area contributed by atoms with Gasteiger partial charge in [-0.1, -0.05) is 27.2 Å². The molecule has 14 heavy (non-hydrogen) atoms. The second-order valence-corrected chi connectivity index (χ2v) is 3.99. The molecule has 0 rings (SSSR count). The molecule has 1 N–H and O–H groups in total. The van der Waals surface area contributed by atoms with Gasteiger partial charge in [0.25, 0.3) is 0 Å². The van der Waals surface area contributed by atoms with E-state index in [9.17, 15) is 0 Å². The first kappa shape index (κ1) is 13.9. The van der Waals surface area contributed by atoms with E-state index in [-0.39, 0.29) is 0 Å². The normalized spacial score (nSPS) is 15.4. The molecule has 86 valence electrons. The van der Waals surface area contributed by atoms with Crippen molar-refractivity contribution in [3.8, 4) is 0 Å². The molecule has 0 aliphatic heterocycles. The Hall–Kier alpha value is -0.0800. The van der Waals surface area contributed by atoms with Crippen LogP contribution < -0.4 is 5.32 Å². The monoisotopic (exact) mass is 201 g/mol. The summed E-state index contributed by atoms with van der Waals surface area (Å²) in [4.78, 5) is 0. The van der Waals surface area contributed by atoms with E-state index in [4.69, 9.17) is 4.74 Å². The van der Waals surface area contributed by atoms with E-state index in [1.54, 1.807) is 0 Å². The Bertz CT molecular complexity index is 117. The van der Waals surface area contributed by atoms with E-state index < -0.39 is 0 Å². The lowest BCUT2D eigenvalue weighted by Gasteiger charge is -2.20. The van der Waals surface area contributed by atoms with Gasteiger partial charge in [-0.25, -0.2) is 0 Å². The summed E-state index contributed by atoms with van der Waals surface area (Å²) in [6, 6.07) is 0.550. The Morgan fingerprint density at radius 1 is 1.14 bits per heavy atom. The van der Waals surface area contributed by atoms with Gasteiger partial charge in [0.15, 0.2) is 0 Å². The number of ether oxygens (including phenoxy) is 1. The molecule has 2 nitrogen and oxygen atoms in total. The molecule has 0 amide bonds. The first-order valence-electron chi connectivity index (χ1n) is 6.09. The van der Waals surface area contributed by atoms with Crippen molar-refractivity contribution in [2.75, 3.05) is 13.2 Å². The molecular weight excluding hydrogens is 174 g/mol. The highest BCUT2D eigenvalue weighted by Crippen LogP contribution is 2.02. The summed E-state index contributed by atoms with van der Waals surface area (Å²) in [7, 11) is 0. The summed E-state index contributed by atoms with van der Waals surface area (Å²) in [6.07, 6.45) is 5.15. The number of rotatable bonds is 9. The third kappa shape index (κ3) is 7.34. The van der Waals surface area contributed by atoms with Crippen LogP contribution in [0.1, 0.15) is 53.4 Å². The van der Waals surface area contributed by atoms with Gasteiger partial charge in [0, 0.05) is 6.04 Å². The van der Waals surface area contributed by atoms with Crippen LogP contribution in [0.3, 0.4) is 0 Å². The minimum absolute atomic E-state index is 0.401. The van der Waals surface area contributed by atoms with Crippen molar-refractivity contribution in [3.05, 3.63) is 0 Å². The molecule has 0 fully saturated rings. The van der Waals surface area contributed by atoms with Crippen LogP contribution in [0.2, 0.25) is 0 Å². The van der Waals surface area contributed by atoms with Crippen LogP contribution in [0.4, 0.5) is 0 Å². The molecule has 0 bridgehead atoms. The predicted octanol–water partition coefficient (Wildman–Crippen LogP) is 2.97. The van der Waals surface area contributed by atoms with Crippen molar-refractivity contribution >= 4 is 0 Å². The van der Waals surface area contributed by atoms with E-state index in [2.05, 4.69) is 33.0 Å². The van der Waals surface area contributed by atoms with Crippen molar-refractivity contribution in [1.29, 1.82) is 0 Å². The predicted molar refractivity (Wildman–Crippen MR) is 62.7 cm³/mol. The lowest BCUT2D eigenvalue weighted by molar-refractivity contribution is 0.0460. The van der Waals surface area contributed by atoms with Crippen molar-refractivity contribution in [2.24, 2.45) is 0 Å². The van der Waals surface area contributed by atoms with Gasteiger partial charge in [-0.05, 0) is 32.7 Å². The smallest absolute Gasteiger partial charge is 0.0623 e. The second-order valence-electron chi connectivity index (χ2n) is 3.99. The molecule has 0 heterocycles. The van der Waals surface area contributed by atoms with E-state index in [1.807, 2.05) is 0 Å². The largest absolute Gasteiger partial charge is 0.377 e.